The fourth-order valence-corrected chi connectivity index (χ4v) is 2.29. The third-order valence-corrected chi connectivity index (χ3v) is 3.49. The number of anilines is 1. The Hall–Kier alpha value is -3.15. The zero-order valence-corrected chi connectivity index (χ0v) is 13.2. The molecule has 0 unspecified atom stereocenters. The summed E-state index contributed by atoms with van der Waals surface area (Å²) in [5, 5.41) is 10.4. The van der Waals surface area contributed by atoms with E-state index in [1.54, 1.807) is 13.2 Å². The average molecular weight is 323 g/mol. The number of hydrogen-bond acceptors (Lipinski definition) is 5. The molecule has 0 fully saturated rings. The van der Waals surface area contributed by atoms with E-state index < -0.39 is 0 Å². The second kappa shape index (κ2) is 7.41. The molecule has 0 aliphatic carbocycles. The van der Waals surface area contributed by atoms with E-state index in [0.29, 0.717) is 30.0 Å². The van der Waals surface area contributed by atoms with E-state index in [0.717, 1.165) is 5.56 Å². The van der Waals surface area contributed by atoms with Crippen LogP contribution in [0, 0.1) is 0 Å². The highest BCUT2D eigenvalue weighted by atomic mass is 16.5. The highest BCUT2D eigenvalue weighted by molar-refractivity contribution is 5.88. The maximum Gasteiger partial charge on any atom is 0.322 e. The predicted molar refractivity (Wildman–Crippen MR) is 89.7 cm³/mol. The largest absolute Gasteiger partial charge is 0.496 e. The number of para-hydroxylation sites is 1. The third-order valence-electron chi connectivity index (χ3n) is 3.49. The van der Waals surface area contributed by atoms with Crippen LogP contribution in [0.5, 0.6) is 5.75 Å². The summed E-state index contributed by atoms with van der Waals surface area (Å²) >= 11 is 0. The van der Waals surface area contributed by atoms with Crippen LogP contribution in [-0.4, -0.2) is 23.2 Å². The number of ether oxygens (including phenoxy) is 1. The normalized spacial score (nSPS) is 10.4. The first kappa shape index (κ1) is 15.7. The molecular formula is C18H17N3O3. The first-order chi connectivity index (χ1) is 11.8. The number of methoxy groups -OCH3 is 1. The van der Waals surface area contributed by atoms with Crippen molar-refractivity contribution >= 4 is 11.9 Å². The molecule has 122 valence electrons. The smallest absolute Gasteiger partial charge is 0.322 e. The molecule has 2 aromatic carbocycles. The number of nitrogens with zero attached hydrogens (tertiary/aromatic N) is 2. The molecule has 1 heterocycles. The molecular weight excluding hydrogens is 306 g/mol. The summed E-state index contributed by atoms with van der Waals surface area (Å²) in [6.45, 7) is 0. The van der Waals surface area contributed by atoms with Gasteiger partial charge in [0.05, 0.1) is 12.7 Å². The number of benzene rings is 2. The van der Waals surface area contributed by atoms with Gasteiger partial charge in [-0.25, -0.2) is 0 Å². The van der Waals surface area contributed by atoms with Crippen molar-refractivity contribution < 1.29 is 13.9 Å². The first-order valence-electron chi connectivity index (χ1n) is 7.57. The van der Waals surface area contributed by atoms with Gasteiger partial charge in [0.2, 0.25) is 5.91 Å². The molecule has 3 rings (SSSR count). The summed E-state index contributed by atoms with van der Waals surface area (Å²) in [5.41, 5.74) is 1.78. The van der Waals surface area contributed by atoms with Gasteiger partial charge in [0.25, 0.3) is 5.89 Å². The van der Waals surface area contributed by atoms with Crippen molar-refractivity contribution in [3.8, 4) is 17.2 Å². The molecule has 3 aromatic rings. The fraction of sp³-hybridized carbons (Fsp3) is 0.167. The highest BCUT2D eigenvalue weighted by Gasteiger charge is 2.14. The molecule has 0 radical (unpaired) electrons. The van der Waals surface area contributed by atoms with Crippen molar-refractivity contribution in [2.45, 2.75) is 12.8 Å². The van der Waals surface area contributed by atoms with E-state index in [9.17, 15) is 4.79 Å². The number of aromatic nitrogens is 2. The molecule has 0 atom stereocenters. The number of carbonyl (C=O) groups excluding carboxylic acids is 1. The predicted octanol–water partition coefficient (Wildman–Crippen LogP) is 3.32. The molecule has 6 heteroatoms. The van der Waals surface area contributed by atoms with Crippen LogP contribution in [0.2, 0.25) is 0 Å². The lowest BCUT2D eigenvalue weighted by molar-refractivity contribution is -0.116. The van der Waals surface area contributed by atoms with Crippen molar-refractivity contribution in [3.63, 3.8) is 0 Å². The van der Waals surface area contributed by atoms with E-state index in [2.05, 4.69) is 15.5 Å². The van der Waals surface area contributed by atoms with Gasteiger partial charge in [0, 0.05) is 6.42 Å². The minimum atomic E-state index is -0.172. The van der Waals surface area contributed by atoms with E-state index in [1.807, 2.05) is 48.5 Å². The van der Waals surface area contributed by atoms with Gasteiger partial charge in [-0.1, -0.05) is 47.6 Å². The number of amides is 1. The van der Waals surface area contributed by atoms with Crippen LogP contribution >= 0.6 is 0 Å². The zero-order chi connectivity index (χ0) is 16.8. The molecule has 0 aliphatic rings. The van der Waals surface area contributed by atoms with Crippen LogP contribution in [-0.2, 0) is 11.2 Å². The van der Waals surface area contributed by atoms with Gasteiger partial charge in [-0.3, -0.25) is 10.1 Å². The first-order valence-corrected chi connectivity index (χ1v) is 7.57. The molecule has 24 heavy (non-hydrogen) atoms. The SMILES string of the molecule is COc1ccccc1-c1nnc(NC(=O)CCc2ccccc2)o1. The van der Waals surface area contributed by atoms with Crippen molar-refractivity contribution in [3.05, 3.63) is 60.2 Å². The standard InChI is InChI=1S/C18H17N3O3/c1-23-15-10-6-5-9-14(15)17-20-21-18(24-17)19-16(22)12-11-13-7-3-2-4-8-13/h2-10H,11-12H2,1H3,(H,19,21,22). The summed E-state index contributed by atoms with van der Waals surface area (Å²) in [4.78, 5) is 12.0. The Labute approximate surface area is 139 Å². The van der Waals surface area contributed by atoms with Gasteiger partial charge in [-0.2, -0.15) is 0 Å². The number of carbonyl (C=O) groups is 1. The highest BCUT2D eigenvalue weighted by Crippen LogP contribution is 2.29. The van der Waals surface area contributed by atoms with Crippen LogP contribution in [0.15, 0.2) is 59.0 Å². The van der Waals surface area contributed by atoms with Gasteiger partial charge >= 0.3 is 6.01 Å². The molecule has 0 saturated heterocycles. The second-order valence-electron chi connectivity index (χ2n) is 5.15. The molecule has 6 nitrogen and oxygen atoms in total. The van der Waals surface area contributed by atoms with Gasteiger partial charge in [0.1, 0.15) is 5.75 Å². The van der Waals surface area contributed by atoms with Crippen molar-refractivity contribution in [2.75, 3.05) is 12.4 Å². The van der Waals surface area contributed by atoms with Gasteiger partial charge in [-0.05, 0) is 24.1 Å². The minimum absolute atomic E-state index is 0.0777. The van der Waals surface area contributed by atoms with Crippen LogP contribution in [0.25, 0.3) is 11.5 Å². The van der Waals surface area contributed by atoms with Gasteiger partial charge < -0.3 is 9.15 Å². The molecule has 0 saturated carbocycles. The molecule has 1 aromatic heterocycles. The summed E-state index contributed by atoms with van der Waals surface area (Å²) in [6.07, 6.45) is 0.997. The number of nitrogens with one attached hydrogen (secondary N) is 1. The lowest BCUT2D eigenvalue weighted by Gasteiger charge is -2.03. The molecule has 0 bridgehead atoms. The molecule has 1 amide bonds. The number of aryl methyl sites for hydroxylation is 1. The summed E-state index contributed by atoms with van der Waals surface area (Å²) in [6, 6.07) is 17.2. The lowest BCUT2D eigenvalue weighted by Crippen LogP contribution is -2.12. The summed E-state index contributed by atoms with van der Waals surface area (Å²) in [7, 11) is 1.57. The average Bonchev–Trinajstić information content (AvgIpc) is 3.09. The zero-order valence-electron chi connectivity index (χ0n) is 13.2. The van der Waals surface area contributed by atoms with Crippen molar-refractivity contribution in [1.29, 1.82) is 0 Å². The molecule has 1 N–H and O–H groups in total. The summed E-state index contributed by atoms with van der Waals surface area (Å²) in [5.74, 6) is 0.753. The number of rotatable bonds is 6. The lowest BCUT2D eigenvalue weighted by atomic mass is 10.1. The van der Waals surface area contributed by atoms with Crippen LogP contribution in [0.1, 0.15) is 12.0 Å². The fourth-order valence-electron chi connectivity index (χ4n) is 2.29. The summed E-state index contributed by atoms with van der Waals surface area (Å²) < 4.78 is 10.8. The van der Waals surface area contributed by atoms with Crippen LogP contribution in [0.4, 0.5) is 6.01 Å². The van der Waals surface area contributed by atoms with E-state index in [-0.39, 0.29) is 11.9 Å². The monoisotopic (exact) mass is 323 g/mol. The van der Waals surface area contributed by atoms with Gasteiger partial charge in [0.15, 0.2) is 0 Å². The van der Waals surface area contributed by atoms with E-state index in [1.165, 1.54) is 0 Å². The second-order valence-corrected chi connectivity index (χ2v) is 5.15. The Bertz CT molecular complexity index is 815. The Morgan fingerprint density at radius 3 is 2.62 bits per heavy atom. The maximum absolute atomic E-state index is 12.0. The van der Waals surface area contributed by atoms with Crippen LogP contribution in [0.3, 0.4) is 0 Å². The van der Waals surface area contributed by atoms with E-state index in [4.69, 9.17) is 9.15 Å². The molecule has 0 aliphatic heterocycles. The number of hydrogen-bond donors (Lipinski definition) is 1. The Balaban J connectivity index is 1.62. The van der Waals surface area contributed by atoms with Crippen LogP contribution < -0.4 is 10.1 Å². The topological polar surface area (TPSA) is 77.3 Å². The quantitative estimate of drug-likeness (QED) is 0.753. The van der Waals surface area contributed by atoms with Crippen molar-refractivity contribution in [2.24, 2.45) is 0 Å². The Morgan fingerprint density at radius 2 is 1.83 bits per heavy atom. The Morgan fingerprint density at radius 1 is 1.08 bits per heavy atom. The Kier molecular flexibility index (Phi) is 4.86. The molecule has 0 spiro atoms. The van der Waals surface area contributed by atoms with E-state index >= 15 is 0 Å². The van der Waals surface area contributed by atoms with Crippen molar-refractivity contribution in [1.82, 2.24) is 10.2 Å². The third kappa shape index (κ3) is 3.78. The maximum atomic E-state index is 12.0. The minimum Gasteiger partial charge on any atom is -0.496 e. The van der Waals surface area contributed by atoms with Gasteiger partial charge in [-0.15, -0.1) is 5.10 Å².